The number of amides is 2. The summed E-state index contributed by atoms with van der Waals surface area (Å²) in [5, 5.41) is 3.17. The van der Waals surface area contributed by atoms with Crippen LogP contribution in [0.4, 0.5) is 0 Å². The van der Waals surface area contributed by atoms with Crippen molar-refractivity contribution in [2.75, 3.05) is 32.7 Å². The number of hydrogen-bond acceptors (Lipinski definition) is 4. The largest absolute Gasteiger partial charge is 0.353 e. The smallest absolute Gasteiger partial charge is 0.225 e. The van der Waals surface area contributed by atoms with Gasteiger partial charge in [0, 0.05) is 31.6 Å². The average molecular weight is 336 g/mol. The molecule has 136 valence electrons. The van der Waals surface area contributed by atoms with E-state index in [1.54, 1.807) is 0 Å². The molecular weight excluding hydrogens is 304 g/mol. The lowest BCUT2D eigenvalue weighted by atomic mass is 10.0. The second-order valence-electron chi connectivity index (χ2n) is 7.67. The number of carbonyl (C=O) groups is 2. The lowest BCUT2D eigenvalue weighted by molar-refractivity contribution is -0.129. The maximum atomic E-state index is 12.6. The van der Waals surface area contributed by atoms with Crippen LogP contribution in [0.5, 0.6) is 0 Å². The van der Waals surface area contributed by atoms with Gasteiger partial charge < -0.3 is 16.0 Å². The van der Waals surface area contributed by atoms with E-state index in [0.717, 1.165) is 45.3 Å². The van der Waals surface area contributed by atoms with Crippen molar-refractivity contribution in [1.29, 1.82) is 0 Å². The normalized spacial score (nSPS) is 34.2. The molecule has 2 amide bonds. The summed E-state index contributed by atoms with van der Waals surface area (Å²) in [7, 11) is 0. The van der Waals surface area contributed by atoms with E-state index in [2.05, 4.69) is 17.1 Å². The quantitative estimate of drug-likeness (QED) is 0.743. The van der Waals surface area contributed by atoms with E-state index in [1.165, 1.54) is 6.42 Å². The lowest BCUT2D eigenvalue weighted by Crippen LogP contribution is -2.44. The van der Waals surface area contributed by atoms with Crippen molar-refractivity contribution in [2.24, 2.45) is 17.6 Å². The van der Waals surface area contributed by atoms with Crippen LogP contribution < -0.4 is 11.1 Å². The molecule has 0 aromatic carbocycles. The number of nitrogens with zero attached hydrogens (tertiary/aromatic N) is 2. The molecule has 0 spiro atoms. The molecule has 0 bridgehead atoms. The third-order valence-corrected chi connectivity index (χ3v) is 6.21. The van der Waals surface area contributed by atoms with Crippen LogP contribution in [0.2, 0.25) is 0 Å². The van der Waals surface area contributed by atoms with Gasteiger partial charge in [0.1, 0.15) is 0 Å². The second-order valence-corrected chi connectivity index (χ2v) is 7.67. The first-order chi connectivity index (χ1) is 11.6. The Morgan fingerprint density at radius 3 is 2.88 bits per heavy atom. The van der Waals surface area contributed by atoms with Crippen LogP contribution in [0.3, 0.4) is 0 Å². The molecule has 3 aliphatic rings. The maximum Gasteiger partial charge on any atom is 0.225 e. The third-order valence-electron chi connectivity index (χ3n) is 6.21. The summed E-state index contributed by atoms with van der Waals surface area (Å²) >= 11 is 0. The minimum atomic E-state index is -0.187. The Morgan fingerprint density at radius 1 is 1.29 bits per heavy atom. The molecule has 6 nitrogen and oxygen atoms in total. The number of nitrogens with two attached hydrogens (primary N) is 1. The molecule has 1 saturated carbocycles. The molecule has 4 unspecified atom stereocenters. The Balaban J connectivity index is 1.51. The molecule has 4 atom stereocenters. The van der Waals surface area contributed by atoms with Crippen LogP contribution >= 0.6 is 0 Å². The van der Waals surface area contributed by atoms with Gasteiger partial charge in [-0.05, 0) is 51.2 Å². The number of likely N-dealkylation sites (tertiary alicyclic amines) is 2. The van der Waals surface area contributed by atoms with Crippen LogP contribution in [-0.4, -0.2) is 66.4 Å². The summed E-state index contributed by atoms with van der Waals surface area (Å²) in [5.74, 6) is 0.404. The molecule has 0 radical (unpaired) electrons. The fraction of sp³-hybridized carbons (Fsp3) is 0.889. The van der Waals surface area contributed by atoms with Crippen molar-refractivity contribution in [3.8, 4) is 0 Å². The Labute approximate surface area is 145 Å². The zero-order chi connectivity index (χ0) is 17.1. The molecule has 0 aromatic heterocycles. The first-order valence-electron chi connectivity index (χ1n) is 9.64. The fourth-order valence-corrected chi connectivity index (χ4v) is 4.71. The Kier molecular flexibility index (Phi) is 5.76. The molecule has 0 aromatic rings. The summed E-state index contributed by atoms with van der Waals surface area (Å²) in [6, 6.07) is 0.675. The summed E-state index contributed by atoms with van der Waals surface area (Å²) < 4.78 is 0. The zero-order valence-electron chi connectivity index (χ0n) is 14.9. The summed E-state index contributed by atoms with van der Waals surface area (Å²) in [5.41, 5.74) is 5.80. The van der Waals surface area contributed by atoms with E-state index in [1.807, 2.05) is 4.90 Å². The van der Waals surface area contributed by atoms with Gasteiger partial charge in [0.2, 0.25) is 11.8 Å². The fourth-order valence-electron chi connectivity index (χ4n) is 4.71. The molecule has 3 rings (SSSR count). The Hall–Kier alpha value is -1.14. The van der Waals surface area contributed by atoms with Crippen LogP contribution in [-0.2, 0) is 9.59 Å². The first kappa shape index (κ1) is 17.7. The van der Waals surface area contributed by atoms with Gasteiger partial charge in [-0.25, -0.2) is 0 Å². The van der Waals surface area contributed by atoms with Crippen LogP contribution in [0.15, 0.2) is 0 Å². The van der Waals surface area contributed by atoms with Gasteiger partial charge in [0.15, 0.2) is 0 Å². The van der Waals surface area contributed by atoms with Crippen LogP contribution in [0, 0.1) is 11.8 Å². The van der Waals surface area contributed by atoms with Gasteiger partial charge in [-0.3, -0.25) is 14.5 Å². The monoisotopic (exact) mass is 336 g/mol. The molecular formula is C18H32N4O2. The number of likely N-dealkylation sites (N-methyl/N-ethyl adjacent to an activating group) is 1. The lowest BCUT2D eigenvalue weighted by Gasteiger charge is -2.28. The van der Waals surface area contributed by atoms with Gasteiger partial charge in [0.05, 0.1) is 5.92 Å². The Bertz CT molecular complexity index is 470. The van der Waals surface area contributed by atoms with Gasteiger partial charge in [-0.1, -0.05) is 13.3 Å². The highest BCUT2D eigenvalue weighted by atomic mass is 16.2. The molecule has 6 heteroatoms. The number of nitrogens with one attached hydrogen (secondary N) is 1. The molecule has 24 heavy (non-hydrogen) atoms. The molecule has 3 fully saturated rings. The van der Waals surface area contributed by atoms with Crippen molar-refractivity contribution >= 4 is 11.8 Å². The average Bonchev–Trinajstić information content (AvgIpc) is 3.28. The molecule has 1 aliphatic carbocycles. The predicted octanol–water partition coefficient (Wildman–Crippen LogP) is 0.563. The highest BCUT2D eigenvalue weighted by Gasteiger charge is 2.38. The Morgan fingerprint density at radius 2 is 2.12 bits per heavy atom. The van der Waals surface area contributed by atoms with Gasteiger partial charge in [-0.2, -0.15) is 0 Å². The first-order valence-corrected chi connectivity index (χ1v) is 9.64. The van der Waals surface area contributed by atoms with E-state index < -0.39 is 0 Å². The van der Waals surface area contributed by atoms with Crippen LogP contribution in [0.25, 0.3) is 0 Å². The van der Waals surface area contributed by atoms with Gasteiger partial charge in [0.25, 0.3) is 0 Å². The SMILES string of the molecule is CCN1CCCC1CN1CC(C(=O)NC2CCCC2CN)CC1=O. The zero-order valence-corrected chi connectivity index (χ0v) is 14.9. The minimum Gasteiger partial charge on any atom is -0.353 e. The molecule has 2 aliphatic heterocycles. The third kappa shape index (κ3) is 3.75. The molecule has 2 heterocycles. The number of rotatable bonds is 6. The van der Waals surface area contributed by atoms with E-state index in [0.29, 0.717) is 31.5 Å². The van der Waals surface area contributed by atoms with Gasteiger partial charge in [-0.15, -0.1) is 0 Å². The highest BCUT2D eigenvalue weighted by molar-refractivity contribution is 5.89. The molecule has 3 N–H and O–H groups in total. The van der Waals surface area contributed by atoms with Crippen LogP contribution in [0.1, 0.15) is 45.4 Å². The predicted molar refractivity (Wildman–Crippen MR) is 93.3 cm³/mol. The minimum absolute atomic E-state index is 0.0509. The van der Waals surface area contributed by atoms with E-state index in [9.17, 15) is 9.59 Å². The highest BCUT2D eigenvalue weighted by Crippen LogP contribution is 2.27. The summed E-state index contributed by atoms with van der Waals surface area (Å²) in [6.07, 6.45) is 6.00. The van der Waals surface area contributed by atoms with Crippen molar-refractivity contribution in [1.82, 2.24) is 15.1 Å². The van der Waals surface area contributed by atoms with Crippen molar-refractivity contribution in [2.45, 2.75) is 57.5 Å². The topological polar surface area (TPSA) is 78.7 Å². The summed E-state index contributed by atoms with van der Waals surface area (Å²) in [6.45, 7) is 6.35. The maximum absolute atomic E-state index is 12.6. The van der Waals surface area contributed by atoms with E-state index in [-0.39, 0.29) is 23.8 Å². The second kappa shape index (κ2) is 7.83. The van der Waals surface area contributed by atoms with Crippen molar-refractivity contribution < 1.29 is 9.59 Å². The summed E-state index contributed by atoms with van der Waals surface area (Å²) in [4.78, 5) is 29.3. The van der Waals surface area contributed by atoms with Crippen molar-refractivity contribution in [3.05, 3.63) is 0 Å². The van der Waals surface area contributed by atoms with Crippen molar-refractivity contribution in [3.63, 3.8) is 0 Å². The van der Waals surface area contributed by atoms with E-state index >= 15 is 0 Å². The number of hydrogen-bond donors (Lipinski definition) is 2. The standard InChI is InChI=1S/C18H32N4O2/c1-2-21-8-4-6-15(21)12-22-11-14(9-17(22)23)18(24)20-16-7-3-5-13(16)10-19/h13-16H,2-12,19H2,1H3,(H,20,24). The van der Waals surface area contributed by atoms with Gasteiger partial charge >= 0.3 is 0 Å². The van der Waals surface area contributed by atoms with E-state index in [4.69, 9.17) is 5.73 Å². The molecule has 2 saturated heterocycles. The number of carbonyl (C=O) groups excluding carboxylic acids is 2.